The van der Waals surface area contributed by atoms with Gasteiger partial charge in [-0.25, -0.2) is 13.1 Å². The second kappa shape index (κ2) is 7.58. The lowest BCUT2D eigenvalue weighted by Gasteiger charge is -2.29. The molecule has 3 rings (SSSR count). The van der Waals surface area contributed by atoms with E-state index in [1.165, 1.54) is 24.9 Å². The molecule has 1 N–H and O–H groups in total. The van der Waals surface area contributed by atoms with E-state index in [4.69, 9.17) is 0 Å². The summed E-state index contributed by atoms with van der Waals surface area (Å²) in [6.07, 6.45) is 3.80. The normalized spacial score (nSPS) is 16.6. The van der Waals surface area contributed by atoms with Gasteiger partial charge in [0.2, 0.25) is 10.0 Å². The quantitative estimate of drug-likeness (QED) is 0.878. The molecule has 0 amide bonds. The lowest BCUT2D eigenvalue weighted by Crippen LogP contribution is -2.29. The summed E-state index contributed by atoms with van der Waals surface area (Å²) >= 11 is 0. The predicted octanol–water partition coefficient (Wildman–Crippen LogP) is 4.02. The highest BCUT2D eigenvalue weighted by Gasteiger charge is 2.18. The van der Waals surface area contributed by atoms with Gasteiger partial charge < -0.3 is 4.90 Å². The maximum Gasteiger partial charge on any atom is 0.241 e. The molecule has 1 fully saturated rings. The van der Waals surface area contributed by atoms with Gasteiger partial charge in [0.05, 0.1) is 4.90 Å². The summed E-state index contributed by atoms with van der Waals surface area (Å²) in [6, 6.07) is 14.9. The fraction of sp³-hybridized carbons (Fsp3) is 0.400. The zero-order chi connectivity index (χ0) is 17.9. The van der Waals surface area contributed by atoms with Crippen LogP contribution in [0.15, 0.2) is 53.4 Å². The van der Waals surface area contributed by atoms with Crippen molar-refractivity contribution >= 4 is 15.7 Å². The second-order valence-electron chi connectivity index (χ2n) is 6.80. The van der Waals surface area contributed by atoms with E-state index in [2.05, 4.69) is 21.8 Å². The first-order valence-electron chi connectivity index (χ1n) is 8.90. The van der Waals surface area contributed by atoms with E-state index in [9.17, 15) is 8.42 Å². The fourth-order valence-electron chi connectivity index (χ4n) is 3.21. The molecule has 134 valence electrons. The van der Waals surface area contributed by atoms with E-state index >= 15 is 0 Å². The molecule has 1 heterocycles. The van der Waals surface area contributed by atoms with Crippen molar-refractivity contribution in [3.05, 3.63) is 59.7 Å². The monoisotopic (exact) mass is 358 g/mol. The average Bonchev–Trinajstić information content (AvgIpc) is 2.62. The van der Waals surface area contributed by atoms with Crippen molar-refractivity contribution < 1.29 is 8.42 Å². The number of nitrogens with zero attached hydrogens (tertiary/aromatic N) is 1. The molecule has 1 aliphatic heterocycles. The van der Waals surface area contributed by atoms with Gasteiger partial charge >= 0.3 is 0 Å². The molecular weight excluding hydrogens is 332 g/mol. The first-order chi connectivity index (χ1) is 12.0. The lowest BCUT2D eigenvalue weighted by atomic mass is 10.1. The number of hydrogen-bond donors (Lipinski definition) is 1. The number of benzene rings is 2. The Morgan fingerprint density at radius 1 is 0.920 bits per heavy atom. The highest BCUT2D eigenvalue weighted by molar-refractivity contribution is 7.89. The van der Waals surface area contributed by atoms with E-state index in [0.717, 1.165) is 24.2 Å². The predicted molar refractivity (Wildman–Crippen MR) is 102 cm³/mol. The molecule has 4 nitrogen and oxygen atoms in total. The highest BCUT2D eigenvalue weighted by atomic mass is 32.2. The van der Waals surface area contributed by atoms with Crippen molar-refractivity contribution in [1.82, 2.24) is 4.72 Å². The summed E-state index contributed by atoms with van der Waals surface area (Å²) in [5.41, 5.74) is 3.23. The third-order valence-corrected chi connectivity index (χ3v) is 6.33. The Kier molecular flexibility index (Phi) is 5.45. The molecule has 0 radical (unpaired) electrons. The summed E-state index contributed by atoms with van der Waals surface area (Å²) in [7, 11) is -3.52. The largest absolute Gasteiger partial charge is 0.372 e. The van der Waals surface area contributed by atoms with Gasteiger partial charge in [-0.3, -0.25) is 0 Å². The Hall–Kier alpha value is -1.85. The minimum atomic E-state index is -3.52. The Morgan fingerprint density at radius 2 is 1.52 bits per heavy atom. The summed E-state index contributed by atoms with van der Waals surface area (Å²) in [5.74, 6) is 0. The van der Waals surface area contributed by atoms with Crippen LogP contribution in [0.5, 0.6) is 0 Å². The number of nitrogens with one attached hydrogen (secondary N) is 1. The SMILES string of the molecule is Cc1ccc(S(=O)(=O)N[C@H](C)c2ccc(N3CCCCC3)cc2)cc1. The molecule has 0 unspecified atom stereocenters. The summed E-state index contributed by atoms with van der Waals surface area (Å²) in [6.45, 7) is 6.03. The van der Waals surface area contributed by atoms with E-state index in [-0.39, 0.29) is 6.04 Å². The second-order valence-corrected chi connectivity index (χ2v) is 8.51. The average molecular weight is 359 g/mol. The van der Waals surface area contributed by atoms with E-state index in [1.54, 1.807) is 12.1 Å². The number of sulfonamides is 1. The van der Waals surface area contributed by atoms with Gasteiger partial charge in [0, 0.05) is 24.8 Å². The molecule has 0 bridgehead atoms. The zero-order valence-corrected chi connectivity index (χ0v) is 15.7. The van der Waals surface area contributed by atoms with Crippen LogP contribution in [0, 0.1) is 6.92 Å². The third kappa shape index (κ3) is 4.41. The number of aryl methyl sites for hydroxylation is 1. The maximum atomic E-state index is 12.5. The van der Waals surface area contributed by atoms with Crippen LogP contribution in [0.4, 0.5) is 5.69 Å². The van der Waals surface area contributed by atoms with Crippen molar-refractivity contribution in [2.45, 2.75) is 44.0 Å². The standard InChI is InChI=1S/C20H26N2O2S/c1-16-6-12-20(13-7-16)25(23,24)21-17(2)18-8-10-19(11-9-18)22-14-4-3-5-15-22/h6-13,17,21H,3-5,14-15H2,1-2H3/t17-/m1/s1. The fourth-order valence-corrected chi connectivity index (χ4v) is 4.44. The Morgan fingerprint density at radius 3 is 2.12 bits per heavy atom. The summed E-state index contributed by atoms with van der Waals surface area (Å²) < 4.78 is 27.8. The van der Waals surface area contributed by atoms with Gasteiger partial charge in [-0.1, -0.05) is 29.8 Å². The van der Waals surface area contributed by atoms with Gasteiger partial charge in [-0.2, -0.15) is 0 Å². The van der Waals surface area contributed by atoms with Crippen molar-refractivity contribution in [2.75, 3.05) is 18.0 Å². The maximum absolute atomic E-state index is 12.5. The smallest absolute Gasteiger partial charge is 0.241 e. The van der Waals surface area contributed by atoms with Crippen LogP contribution in [-0.4, -0.2) is 21.5 Å². The Bertz CT molecular complexity index is 793. The summed E-state index contributed by atoms with van der Waals surface area (Å²) in [4.78, 5) is 2.70. The van der Waals surface area contributed by atoms with Crippen molar-refractivity contribution in [3.63, 3.8) is 0 Å². The van der Waals surface area contributed by atoms with Crippen LogP contribution in [-0.2, 0) is 10.0 Å². The van der Waals surface area contributed by atoms with Crippen LogP contribution >= 0.6 is 0 Å². The molecule has 2 aromatic carbocycles. The number of hydrogen-bond acceptors (Lipinski definition) is 3. The van der Waals surface area contributed by atoms with Crippen molar-refractivity contribution in [2.24, 2.45) is 0 Å². The molecule has 1 atom stereocenters. The van der Waals surface area contributed by atoms with E-state index < -0.39 is 10.0 Å². The van der Waals surface area contributed by atoms with Crippen molar-refractivity contribution in [3.8, 4) is 0 Å². The van der Waals surface area contributed by atoms with E-state index in [0.29, 0.717) is 4.90 Å². The minimum Gasteiger partial charge on any atom is -0.372 e. The third-order valence-electron chi connectivity index (χ3n) is 4.78. The van der Waals surface area contributed by atoms with E-state index in [1.807, 2.05) is 38.1 Å². The molecular formula is C20H26N2O2S. The molecule has 0 aliphatic carbocycles. The lowest BCUT2D eigenvalue weighted by molar-refractivity contribution is 0.566. The molecule has 0 spiro atoms. The number of anilines is 1. The zero-order valence-electron chi connectivity index (χ0n) is 14.9. The molecule has 1 aliphatic rings. The van der Waals surface area contributed by atoms with Crippen LogP contribution in [0.3, 0.4) is 0 Å². The molecule has 0 saturated carbocycles. The van der Waals surface area contributed by atoms with Crippen LogP contribution in [0.25, 0.3) is 0 Å². The molecule has 1 saturated heterocycles. The van der Waals surface area contributed by atoms with Crippen LogP contribution < -0.4 is 9.62 Å². The molecule has 0 aromatic heterocycles. The summed E-state index contributed by atoms with van der Waals surface area (Å²) in [5, 5.41) is 0. The van der Waals surface area contributed by atoms with Gasteiger partial charge in [0.1, 0.15) is 0 Å². The Balaban J connectivity index is 1.70. The number of rotatable bonds is 5. The van der Waals surface area contributed by atoms with Gasteiger partial charge in [0.25, 0.3) is 0 Å². The number of piperidine rings is 1. The van der Waals surface area contributed by atoms with Gasteiger partial charge in [-0.15, -0.1) is 0 Å². The molecule has 2 aromatic rings. The van der Waals surface area contributed by atoms with Gasteiger partial charge in [-0.05, 0) is 62.9 Å². The van der Waals surface area contributed by atoms with Crippen molar-refractivity contribution in [1.29, 1.82) is 0 Å². The highest BCUT2D eigenvalue weighted by Crippen LogP contribution is 2.23. The topological polar surface area (TPSA) is 49.4 Å². The molecule has 25 heavy (non-hydrogen) atoms. The first-order valence-corrected chi connectivity index (χ1v) is 10.4. The first kappa shape index (κ1) is 18.0. The van der Waals surface area contributed by atoms with Crippen LogP contribution in [0.1, 0.15) is 43.4 Å². The minimum absolute atomic E-state index is 0.276. The van der Waals surface area contributed by atoms with Gasteiger partial charge in [0.15, 0.2) is 0 Å². The van der Waals surface area contributed by atoms with Crippen LogP contribution in [0.2, 0.25) is 0 Å². The Labute approximate surface area is 150 Å². The molecule has 5 heteroatoms.